The maximum Gasteiger partial charge on any atom is 0.343 e. The van der Waals surface area contributed by atoms with Crippen molar-refractivity contribution in [2.24, 2.45) is 5.10 Å². The molecule has 0 atom stereocenters. The molecule has 0 saturated carbocycles. The number of ether oxygens (including phenoxy) is 2. The monoisotopic (exact) mass is 464 g/mol. The Labute approximate surface area is 203 Å². The molecule has 0 bridgehead atoms. The average Bonchev–Trinajstić information content (AvgIpc) is 2.90. The number of aryl methyl sites for hydroxylation is 1. The van der Waals surface area contributed by atoms with E-state index in [4.69, 9.17) is 9.47 Å². The van der Waals surface area contributed by atoms with Gasteiger partial charge in [-0.05, 0) is 72.1 Å². The van der Waals surface area contributed by atoms with Gasteiger partial charge in [0.2, 0.25) is 0 Å². The first-order valence-electron chi connectivity index (χ1n) is 11.1. The highest BCUT2D eigenvalue weighted by Crippen LogP contribution is 2.22. The molecule has 4 rings (SSSR count). The minimum Gasteiger partial charge on any atom is -0.484 e. The lowest BCUT2D eigenvalue weighted by molar-refractivity contribution is -0.123. The van der Waals surface area contributed by atoms with Gasteiger partial charge in [-0.15, -0.1) is 0 Å². The summed E-state index contributed by atoms with van der Waals surface area (Å²) in [6, 6.07) is 31.5. The second kappa shape index (κ2) is 11.4. The first-order chi connectivity index (χ1) is 17.1. The third-order valence-corrected chi connectivity index (χ3v) is 5.11. The molecule has 174 valence electrons. The topological polar surface area (TPSA) is 77.0 Å². The van der Waals surface area contributed by atoms with Gasteiger partial charge in [-0.2, -0.15) is 5.10 Å². The molecule has 0 unspecified atom stereocenters. The van der Waals surface area contributed by atoms with Crippen LogP contribution in [0.4, 0.5) is 0 Å². The van der Waals surface area contributed by atoms with Crippen molar-refractivity contribution in [2.45, 2.75) is 6.92 Å². The van der Waals surface area contributed by atoms with E-state index in [1.165, 1.54) is 6.21 Å². The Morgan fingerprint density at radius 3 is 2.09 bits per heavy atom. The van der Waals surface area contributed by atoms with Crippen molar-refractivity contribution < 1.29 is 19.1 Å². The Morgan fingerprint density at radius 2 is 1.40 bits per heavy atom. The van der Waals surface area contributed by atoms with Crippen molar-refractivity contribution in [1.29, 1.82) is 0 Å². The first-order valence-corrected chi connectivity index (χ1v) is 11.1. The van der Waals surface area contributed by atoms with E-state index >= 15 is 0 Å². The summed E-state index contributed by atoms with van der Waals surface area (Å²) >= 11 is 0. The summed E-state index contributed by atoms with van der Waals surface area (Å²) in [6.07, 6.45) is 1.50. The van der Waals surface area contributed by atoms with Gasteiger partial charge in [0.25, 0.3) is 5.91 Å². The van der Waals surface area contributed by atoms with E-state index in [0.717, 1.165) is 22.3 Å². The Bertz CT molecular complexity index is 1300. The summed E-state index contributed by atoms with van der Waals surface area (Å²) in [6.45, 7) is 1.80. The van der Waals surface area contributed by atoms with E-state index in [1.807, 2.05) is 73.7 Å². The Hall–Kier alpha value is -4.71. The van der Waals surface area contributed by atoms with Crippen LogP contribution in [0.1, 0.15) is 21.5 Å². The SMILES string of the molecule is Cc1ccc(C(=O)Oc2ccc(/C=N\NC(=O)COc3ccc(-c4ccccc4)cc3)cc2)cc1. The third kappa shape index (κ3) is 6.88. The minimum atomic E-state index is -0.423. The van der Waals surface area contributed by atoms with Crippen molar-refractivity contribution in [3.8, 4) is 22.6 Å². The lowest BCUT2D eigenvalue weighted by Crippen LogP contribution is -2.24. The number of carbonyl (C=O) groups excluding carboxylic acids is 2. The average molecular weight is 465 g/mol. The molecule has 0 fully saturated rings. The number of rotatable bonds is 8. The quantitative estimate of drug-likeness (QED) is 0.164. The van der Waals surface area contributed by atoms with E-state index in [1.54, 1.807) is 36.4 Å². The fourth-order valence-corrected chi connectivity index (χ4v) is 3.21. The van der Waals surface area contributed by atoms with Crippen molar-refractivity contribution >= 4 is 18.1 Å². The number of hydrazone groups is 1. The van der Waals surface area contributed by atoms with Crippen LogP contribution >= 0.6 is 0 Å². The lowest BCUT2D eigenvalue weighted by atomic mass is 10.1. The second-order valence-electron chi connectivity index (χ2n) is 7.80. The molecule has 0 aromatic heterocycles. The van der Waals surface area contributed by atoms with Gasteiger partial charge in [-0.1, -0.05) is 60.2 Å². The lowest BCUT2D eigenvalue weighted by Gasteiger charge is -2.07. The fraction of sp³-hybridized carbons (Fsp3) is 0.0690. The number of nitrogens with one attached hydrogen (secondary N) is 1. The van der Waals surface area contributed by atoms with Crippen LogP contribution in [0, 0.1) is 6.92 Å². The number of amides is 1. The summed E-state index contributed by atoms with van der Waals surface area (Å²) in [5, 5.41) is 3.94. The molecule has 0 aliphatic heterocycles. The summed E-state index contributed by atoms with van der Waals surface area (Å²) in [7, 11) is 0. The predicted octanol–water partition coefficient (Wildman–Crippen LogP) is 5.41. The van der Waals surface area contributed by atoms with Gasteiger partial charge in [0, 0.05) is 0 Å². The maximum atomic E-state index is 12.2. The summed E-state index contributed by atoms with van der Waals surface area (Å²) in [5.74, 6) is 0.216. The van der Waals surface area contributed by atoms with Crippen LogP contribution in [0.5, 0.6) is 11.5 Å². The van der Waals surface area contributed by atoms with Gasteiger partial charge in [-0.25, -0.2) is 10.2 Å². The van der Waals surface area contributed by atoms with Crippen LogP contribution in [0.3, 0.4) is 0 Å². The third-order valence-electron chi connectivity index (χ3n) is 5.11. The van der Waals surface area contributed by atoms with Crippen LogP contribution in [0.25, 0.3) is 11.1 Å². The smallest absolute Gasteiger partial charge is 0.343 e. The summed E-state index contributed by atoms with van der Waals surface area (Å²) < 4.78 is 10.9. The largest absolute Gasteiger partial charge is 0.484 e. The molecule has 0 aliphatic rings. The maximum absolute atomic E-state index is 12.2. The highest BCUT2D eigenvalue weighted by molar-refractivity contribution is 5.91. The van der Waals surface area contributed by atoms with Gasteiger partial charge in [0.05, 0.1) is 11.8 Å². The van der Waals surface area contributed by atoms with Gasteiger partial charge < -0.3 is 9.47 Å². The van der Waals surface area contributed by atoms with Gasteiger partial charge >= 0.3 is 5.97 Å². The Balaban J connectivity index is 1.22. The fourth-order valence-electron chi connectivity index (χ4n) is 3.21. The molecule has 6 nitrogen and oxygen atoms in total. The standard InChI is InChI=1S/C29H24N2O4/c1-21-7-11-25(12-8-21)29(33)35-27-15-9-22(10-16-27)19-30-31-28(32)20-34-26-17-13-24(14-18-26)23-5-3-2-4-6-23/h2-19H,20H2,1H3,(H,31,32)/b30-19-. The Morgan fingerprint density at radius 1 is 0.771 bits per heavy atom. The molecule has 4 aromatic carbocycles. The summed E-state index contributed by atoms with van der Waals surface area (Å²) in [4.78, 5) is 24.2. The molecule has 0 heterocycles. The number of hydrogen-bond donors (Lipinski definition) is 1. The molecule has 35 heavy (non-hydrogen) atoms. The van der Waals surface area contributed by atoms with E-state index in [-0.39, 0.29) is 12.5 Å². The molecule has 4 aromatic rings. The minimum absolute atomic E-state index is 0.157. The van der Waals surface area contributed by atoms with E-state index in [0.29, 0.717) is 17.1 Å². The highest BCUT2D eigenvalue weighted by atomic mass is 16.5. The van der Waals surface area contributed by atoms with Crippen molar-refractivity contribution in [3.63, 3.8) is 0 Å². The van der Waals surface area contributed by atoms with Gasteiger partial charge in [0.15, 0.2) is 6.61 Å². The van der Waals surface area contributed by atoms with Crippen LogP contribution in [0.2, 0.25) is 0 Å². The summed E-state index contributed by atoms with van der Waals surface area (Å²) in [5.41, 5.74) is 6.91. The van der Waals surface area contributed by atoms with Gasteiger partial charge in [0.1, 0.15) is 11.5 Å². The van der Waals surface area contributed by atoms with Crippen LogP contribution < -0.4 is 14.9 Å². The zero-order valence-corrected chi connectivity index (χ0v) is 19.2. The molecule has 0 saturated heterocycles. The number of carbonyl (C=O) groups is 2. The van der Waals surface area contributed by atoms with Crippen molar-refractivity contribution in [1.82, 2.24) is 5.43 Å². The molecule has 0 radical (unpaired) electrons. The Kier molecular flexibility index (Phi) is 7.66. The number of hydrogen-bond acceptors (Lipinski definition) is 5. The second-order valence-corrected chi connectivity index (χ2v) is 7.80. The number of benzene rings is 4. The molecular weight excluding hydrogens is 440 g/mol. The molecule has 0 spiro atoms. The van der Waals surface area contributed by atoms with Crippen LogP contribution in [-0.2, 0) is 4.79 Å². The van der Waals surface area contributed by atoms with Crippen LogP contribution in [-0.4, -0.2) is 24.7 Å². The predicted molar refractivity (Wildman–Crippen MR) is 136 cm³/mol. The molecule has 6 heteroatoms. The van der Waals surface area contributed by atoms with Crippen molar-refractivity contribution in [2.75, 3.05) is 6.61 Å². The molecule has 1 N–H and O–H groups in total. The molecule has 0 aliphatic carbocycles. The highest BCUT2D eigenvalue weighted by Gasteiger charge is 2.08. The van der Waals surface area contributed by atoms with Crippen molar-refractivity contribution in [3.05, 3.63) is 120 Å². The van der Waals surface area contributed by atoms with E-state index in [2.05, 4.69) is 10.5 Å². The normalized spacial score (nSPS) is 10.7. The number of nitrogens with zero attached hydrogens (tertiary/aromatic N) is 1. The molecule has 1 amide bonds. The molecular formula is C29H24N2O4. The zero-order chi connectivity index (χ0) is 24.5. The zero-order valence-electron chi connectivity index (χ0n) is 19.2. The van der Waals surface area contributed by atoms with Crippen LogP contribution in [0.15, 0.2) is 108 Å². The van der Waals surface area contributed by atoms with E-state index in [9.17, 15) is 9.59 Å². The van der Waals surface area contributed by atoms with Gasteiger partial charge in [-0.3, -0.25) is 4.79 Å². The first kappa shape index (κ1) is 23.4. The number of esters is 1. The van der Waals surface area contributed by atoms with E-state index < -0.39 is 5.97 Å².